The van der Waals surface area contributed by atoms with Gasteiger partial charge in [-0.2, -0.15) is 0 Å². The van der Waals surface area contributed by atoms with Gasteiger partial charge in [0, 0.05) is 26.4 Å². The molecular formula is C11H16N2O. The van der Waals surface area contributed by atoms with Crippen molar-refractivity contribution in [3.8, 4) is 0 Å². The van der Waals surface area contributed by atoms with Gasteiger partial charge in [-0.15, -0.1) is 0 Å². The van der Waals surface area contributed by atoms with Crippen molar-refractivity contribution < 1.29 is 4.74 Å². The Hall–Kier alpha value is -1.09. The molecule has 1 aliphatic heterocycles. The summed E-state index contributed by atoms with van der Waals surface area (Å²) in [7, 11) is 1.78. The van der Waals surface area contributed by atoms with Gasteiger partial charge in [-0.25, -0.2) is 4.98 Å². The Bertz CT molecular complexity index is 314. The van der Waals surface area contributed by atoms with Crippen LogP contribution in [0.5, 0.6) is 0 Å². The Morgan fingerprint density at radius 2 is 2.43 bits per heavy atom. The molecule has 0 spiro atoms. The minimum Gasteiger partial charge on any atom is -0.380 e. The van der Waals surface area contributed by atoms with Crippen molar-refractivity contribution in [3.05, 3.63) is 23.9 Å². The third kappa shape index (κ3) is 1.87. The van der Waals surface area contributed by atoms with E-state index in [1.165, 1.54) is 5.56 Å². The van der Waals surface area contributed by atoms with Crippen LogP contribution in [0.1, 0.15) is 12.0 Å². The lowest BCUT2D eigenvalue weighted by atomic mass is 10.3. The van der Waals surface area contributed by atoms with Gasteiger partial charge in [0.2, 0.25) is 0 Å². The molecule has 1 unspecified atom stereocenters. The fourth-order valence-electron chi connectivity index (χ4n) is 1.82. The Morgan fingerprint density at radius 1 is 1.57 bits per heavy atom. The van der Waals surface area contributed by atoms with Crippen LogP contribution in [0, 0.1) is 6.92 Å². The quantitative estimate of drug-likeness (QED) is 0.712. The first-order chi connectivity index (χ1) is 6.79. The van der Waals surface area contributed by atoms with Gasteiger partial charge in [-0.05, 0) is 31.0 Å². The highest BCUT2D eigenvalue weighted by Gasteiger charge is 2.22. The van der Waals surface area contributed by atoms with Gasteiger partial charge in [0.05, 0.1) is 6.10 Å². The van der Waals surface area contributed by atoms with E-state index >= 15 is 0 Å². The Labute approximate surface area is 84.7 Å². The van der Waals surface area contributed by atoms with Gasteiger partial charge in [-0.3, -0.25) is 0 Å². The van der Waals surface area contributed by atoms with Crippen molar-refractivity contribution in [2.24, 2.45) is 0 Å². The van der Waals surface area contributed by atoms with Crippen LogP contribution in [-0.4, -0.2) is 31.3 Å². The molecule has 1 aromatic heterocycles. The van der Waals surface area contributed by atoms with Crippen LogP contribution >= 0.6 is 0 Å². The fraction of sp³-hybridized carbons (Fsp3) is 0.545. The summed E-state index contributed by atoms with van der Waals surface area (Å²) in [5.74, 6) is 1.07. The van der Waals surface area contributed by atoms with E-state index in [2.05, 4.69) is 22.9 Å². The van der Waals surface area contributed by atoms with E-state index in [9.17, 15) is 0 Å². The van der Waals surface area contributed by atoms with Crippen LogP contribution in [0.15, 0.2) is 18.3 Å². The predicted octanol–water partition coefficient (Wildman–Crippen LogP) is 1.62. The maximum absolute atomic E-state index is 5.32. The second-order valence-electron chi connectivity index (χ2n) is 3.78. The SMILES string of the molecule is COC1CCN(c2cc(C)ccn2)C1. The van der Waals surface area contributed by atoms with Crippen molar-refractivity contribution in [3.63, 3.8) is 0 Å². The van der Waals surface area contributed by atoms with Crippen LogP contribution in [0.3, 0.4) is 0 Å². The van der Waals surface area contributed by atoms with E-state index in [1.807, 2.05) is 12.3 Å². The molecule has 0 N–H and O–H groups in total. The molecule has 1 aliphatic rings. The molecule has 0 radical (unpaired) electrons. The highest BCUT2D eigenvalue weighted by molar-refractivity contribution is 5.41. The van der Waals surface area contributed by atoms with Crippen molar-refractivity contribution in [2.45, 2.75) is 19.4 Å². The number of aryl methyl sites for hydroxylation is 1. The maximum Gasteiger partial charge on any atom is 0.128 e. The number of aromatic nitrogens is 1. The molecule has 3 nitrogen and oxygen atoms in total. The average Bonchev–Trinajstić information content (AvgIpc) is 2.66. The zero-order chi connectivity index (χ0) is 9.97. The third-order valence-electron chi connectivity index (χ3n) is 2.70. The zero-order valence-electron chi connectivity index (χ0n) is 8.73. The van der Waals surface area contributed by atoms with E-state index in [0.29, 0.717) is 6.10 Å². The first-order valence-electron chi connectivity index (χ1n) is 5.00. The topological polar surface area (TPSA) is 25.4 Å². The summed E-state index contributed by atoms with van der Waals surface area (Å²) in [4.78, 5) is 6.64. The van der Waals surface area contributed by atoms with Crippen LogP contribution in [0.25, 0.3) is 0 Å². The van der Waals surface area contributed by atoms with Crippen molar-refractivity contribution >= 4 is 5.82 Å². The first-order valence-corrected chi connectivity index (χ1v) is 5.00. The Kier molecular flexibility index (Phi) is 2.68. The molecule has 14 heavy (non-hydrogen) atoms. The molecule has 1 atom stereocenters. The second kappa shape index (κ2) is 3.96. The smallest absolute Gasteiger partial charge is 0.128 e. The fourth-order valence-corrected chi connectivity index (χ4v) is 1.82. The molecule has 0 bridgehead atoms. The predicted molar refractivity (Wildman–Crippen MR) is 56.6 cm³/mol. The summed E-state index contributed by atoms with van der Waals surface area (Å²) in [6, 6.07) is 4.14. The van der Waals surface area contributed by atoms with Gasteiger partial charge >= 0.3 is 0 Å². The Morgan fingerprint density at radius 3 is 3.07 bits per heavy atom. The van der Waals surface area contributed by atoms with Gasteiger partial charge in [-0.1, -0.05) is 0 Å². The maximum atomic E-state index is 5.32. The van der Waals surface area contributed by atoms with Crippen molar-refractivity contribution in [1.82, 2.24) is 4.98 Å². The van der Waals surface area contributed by atoms with E-state index in [4.69, 9.17) is 4.74 Å². The summed E-state index contributed by atoms with van der Waals surface area (Å²) in [6.07, 6.45) is 3.34. The first kappa shape index (κ1) is 9.46. The minimum atomic E-state index is 0.373. The number of anilines is 1. The third-order valence-corrected chi connectivity index (χ3v) is 2.70. The van der Waals surface area contributed by atoms with Gasteiger partial charge in [0.25, 0.3) is 0 Å². The van der Waals surface area contributed by atoms with E-state index in [0.717, 1.165) is 25.3 Å². The molecule has 0 saturated carbocycles. The van der Waals surface area contributed by atoms with Gasteiger partial charge < -0.3 is 9.64 Å². The molecule has 1 fully saturated rings. The number of nitrogens with zero attached hydrogens (tertiary/aromatic N) is 2. The zero-order valence-corrected chi connectivity index (χ0v) is 8.73. The van der Waals surface area contributed by atoms with Crippen LogP contribution < -0.4 is 4.90 Å². The monoisotopic (exact) mass is 192 g/mol. The summed E-state index contributed by atoms with van der Waals surface area (Å²) in [5.41, 5.74) is 1.26. The van der Waals surface area contributed by atoms with E-state index in [-0.39, 0.29) is 0 Å². The van der Waals surface area contributed by atoms with Crippen LogP contribution in [0.4, 0.5) is 5.82 Å². The molecule has 0 amide bonds. The number of hydrogen-bond acceptors (Lipinski definition) is 3. The lowest BCUT2D eigenvalue weighted by Crippen LogP contribution is -2.23. The molecule has 1 saturated heterocycles. The van der Waals surface area contributed by atoms with Crippen LogP contribution in [0.2, 0.25) is 0 Å². The molecule has 2 heterocycles. The summed E-state index contributed by atoms with van der Waals surface area (Å²) in [5, 5.41) is 0. The number of ether oxygens (including phenoxy) is 1. The number of hydrogen-bond donors (Lipinski definition) is 0. The van der Waals surface area contributed by atoms with E-state index < -0.39 is 0 Å². The molecule has 2 rings (SSSR count). The molecule has 3 heteroatoms. The van der Waals surface area contributed by atoms with Crippen molar-refractivity contribution in [1.29, 1.82) is 0 Å². The number of methoxy groups -OCH3 is 1. The molecule has 76 valence electrons. The van der Waals surface area contributed by atoms with E-state index in [1.54, 1.807) is 7.11 Å². The molecule has 0 aromatic carbocycles. The molecular weight excluding hydrogens is 176 g/mol. The normalized spacial score (nSPS) is 21.6. The summed E-state index contributed by atoms with van der Waals surface area (Å²) in [6.45, 7) is 4.11. The van der Waals surface area contributed by atoms with Crippen molar-refractivity contribution in [2.75, 3.05) is 25.1 Å². The lowest BCUT2D eigenvalue weighted by molar-refractivity contribution is 0.121. The highest BCUT2D eigenvalue weighted by atomic mass is 16.5. The molecule has 1 aromatic rings. The standard InChI is InChI=1S/C11H16N2O/c1-9-3-5-12-11(7-9)13-6-4-10(8-13)14-2/h3,5,7,10H,4,6,8H2,1-2H3. The van der Waals surface area contributed by atoms with Gasteiger partial charge in [0.1, 0.15) is 5.82 Å². The average molecular weight is 192 g/mol. The lowest BCUT2D eigenvalue weighted by Gasteiger charge is -2.17. The second-order valence-corrected chi connectivity index (χ2v) is 3.78. The number of rotatable bonds is 2. The number of pyridine rings is 1. The minimum absolute atomic E-state index is 0.373. The highest BCUT2D eigenvalue weighted by Crippen LogP contribution is 2.19. The Balaban J connectivity index is 2.09. The largest absolute Gasteiger partial charge is 0.380 e. The van der Waals surface area contributed by atoms with Gasteiger partial charge in [0.15, 0.2) is 0 Å². The van der Waals surface area contributed by atoms with Crippen LogP contribution in [-0.2, 0) is 4.74 Å². The summed E-state index contributed by atoms with van der Waals surface area (Å²) >= 11 is 0. The molecule has 0 aliphatic carbocycles. The summed E-state index contributed by atoms with van der Waals surface area (Å²) < 4.78 is 5.32.